The fourth-order valence-electron chi connectivity index (χ4n) is 0.523. The van der Waals surface area contributed by atoms with Crippen LogP contribution in [0.25, 0.3) is 0 Å². The Balaban J connectivity index is 0. The molecule has 9 heavy (non-hydrogen) atoms. The summed E-state index contributed by atoms with van der Waals surface area (Å²) in [5.41, 5.74) is -0.0775. The molecular weight excluding hydrogens is 112 g/mol. The maximum Gasteiger partial charge on any atom is 0.100 e. The average molecular weight is 130 g/mol. The SMILES string of the molecule is C.C=C(C)OC(C)(C)C. The van der Waals surface area contributed by atoms with E-state index in [1.807, 2.05) is 27.7 Å². The van der Waals surface area contributed by atoms with E-state index in [1.165, 1.54) is 0 Å². The van der Waals surface area contributed by atoms with E-state index in [0.717, 1.165) is 5.76 Å². The Kier molecular flexibility index (Phi) is 4.47. The van der Waals surface area contributed by atoms with E-state index in [9.17, 15) is 0 Å². The molecule has 0 saturated heterocycles. The summed E-state index contributed by atoms with van der Waals surface area (Å²) in [6.07, 6.45) is 0. The maximum absolute atomic E-state index is 5.24. The van der Waals surface area contributed by atoms with Crippen molar-refractivity contribution in [3.8, 4) is 0 Å². The lowest BCUT2D eigenvalue weighted by Crippen LogP contribution is -2.17. The van der Waals surface area contributed by atoms with Gasteiger partial charge in [-0.25, -0.2) is 0 Å². The highest BCUT2D eigenvalue weighted by molar-refractivity contribution is 4.78. The van der Waals surface area contributed by atoms with Crippen LogP contribution in [0.3, 0.4) is 0 Å². The predicted octanol–water partition coefficient (Wildman–Crippen LogP) is 2.97. The molecule has 0 atom stereocenters. The van der Waals surface area contributed by atoms with Crippen LogP contribution in [0.4, 0.5) is 0 Å². The molecule has 1 nitrogen and oxygen atoms in total. The minimum absolute atomic E-state index is 0. The number of allylic oxidation sites excluding steroid dienone is 1. The molecule has 1 heteroatoms. The number of hydrogen-bond donors (Lipinski definition) is 0. The standard InChI is InChI=1S/C7H14O.CH4/c1-6(2)8-7(3,4)5;/h1H2,2-5H3;1H4. The van der Waals surface area contributed by atoms with Gasteiger partial charge in [-0.2, -0.15) is 0 Å². The molecule has 0 aliphatic heterocycles. The first-order valence-electron chi connectivity index (χ1n) is 2.76. The first-order chi connectivity index (χ1) is 3.42. The molecule has 56 valence electrons. The number of rotatable bonds is 1. The van der Waals surface area contributed by atoms with Gasteiger partial charge in [0.05, 0.1) is 5.76 Å². The summed E-state index contributed by atoms with van der Waals surface area (Å²) in [7, 11) is 0. The van der Waals surface area contributed by atoms with Crippen LogP contribution in [0, 0.1) is 0 Å². The minimum atomic E-state index is -0.0775. The second kappa shape index (κ2) is 3.54. The van der Waals surface area contributed by atoms with Gasteiger partial charge in [0.25, 0.3) is 0 Å². The van der Waals surface area contributed by atoms with E-state index >= 15 is 0 Å². The molecule has 0 radical (unpaired) electrons. The molecule has 0 fully saturated rings. The van der Waals surface area contributed by atoms with E-state index in [0.29, 0.717) is 0 Å². The zero-order valence-electron chi connectivity index (χ0n) is 6.12. The molecule has 0 N–H and O–H groups in total. The number of ether oxygens (including phenoxy) is 1. The van der Waals surface area contributed by atoms with E-state index < -0.39 is 0 Å². The summed E-state index contributed by atoms with van der Waals surface area (Å²) in [6, 6.07) is 0. The fraction of sp³-hybridized carbons (Fsp3) is 0.750. The third-order valence-corrected chi connectivity index (χ3v) is 0.480. The van der Waals surface area contributed by atoms with Crippen LogP contribution in [-0.2, 0) is 4.74 Å². The van der Waals surface area contributed by atoms with E-state index in [4.69, 9.17) is 4.74 Å². The summed E-state index contributed by atoms with van der Waals surface area (Å²) < 4.78 is 5.24. The van der Waals surface area contributed by atoms with Gasteiger partial charge in [-0.15, -0.1) is 0 Å². The lowest BCUT2D eigenvalue weighted by molar-refractivity contribution is 0.0544. The molecule has 0 aromatic rings. The molecule has 0 saturated carbocycles. The molecular formula is C8H18O. The Labute approximate surface area is 58.7 Å². The Hall–Kier alpha value is -0.460. The molecule has 0 spiro atoms. The lowest BCUT2D eigenvalue weighted by atomic mass is 10.2. The monoisotopic (exact) mass is 130 g/mol. The summed E-state index contributed by atoms with van der Waals surface area (Å²) >= 11 is 0. The van der Waals surface area contributed by atoms with Gasteiger partial charge < -0.3 is 4.74 Å². The van der Waals surface area contributed by atoms with Crippen LogP contribution in [0.15, 0.2) is 12.3 Å². The Morgan fingerprint density at radius 2 is 1.67 bits per heavy atom. The van der Waals surface area contributed by atoms with Crippen molar-refractivity contribution in [2.75, 3.05) is 0 Å². The normalized spacial score (nSPS) is 9.78. The molecule has 0 bridgehead atoms. The predicted molar refractivity (Wildman–Crippen MR) is 42.4 cm³/mol. The molecule has 0 aromatic carbocycles. The van der Waals surface area contributed by atoms with E-state index in [1.54, 1.807) is 0 Å². The summed E-state index contributed by atoms with van der Waals surface area (Å²) in [5.74, 6) is 0.775. The zero-order chi connectivity index (χ0) is 6.78. The Morgan fingerprint density at radius 1 is 1.33 bits per heavy atom. The highest BCUT2D eigenvalue weighted by Gasteiger charge is 2.08. The van der Waals surface area contributed by atoms with Crippen LogP contribution < -0.4 is 0 Å². The minimum Gasteiger partial charge on any atom is -0.493 e. The smallest absolute Gasteiger partial charge is 0.100 e. The molecule has 0 rings (SSSR count). The quantitative estimate of drug-likeness (QED) is 0.496. The lowest BCUT2D eigenvalue weighted by Gasteiger charge is -2.20. The Morgan fingerprint density at radius 3 is 1.67 bits per heavy atom. The second-order valence-electron chi connectivity index (χ2n) is 2.92. The van der Waals surface area contributed by atoms with Crippen molar-refractivity contribution in [3.63, 3.8) is 0 Å². The van der Waals surface area contributed by atoms with Gasteiger partial charge in [-0.1, -0.05) is 14.0 Å². The van der Waals surface area contributed by atoms with Crippen molar-refractivity contribution in [2.45, 2.75) is 40.7 Å². The van der Waals surface area contributed by atoms with Crippen molar-refractivity contribution in [3.05, 3.63) is 12.3 Å². The third-order valence-electron chi connectivity index (χ3n) is 0.480. The summed E-state index contributed by atoms with van der Waals surface area (Å²) in [4.78, 5) is 0. The summed E-state index contributed by atoms with van der Waals surface area (Å²) in [6.45, 7) is 11.5. The van der Waals surface area contributed by atoms with Crippen molar-refractivity contribution >= 4 is 0 Å². The average Bonchev–Trinajstić information content (AvgIpc) is 1.21. The first-order valence-corrected chi connectivity index (χ1v) is 2.76. The van der Waals surface area contributed by atoms with Gasteiger partial charge >= 0.3 is 0 Å². The largest absolute Gasteiger partial charge is 0.493 e. The Bertz CT molecular complexity index is 87.2. The molecule has 0 aliphatic carbocycles. The van der Waals surface area contributed by atoms with E-state index in [-0.39, 0.29) is 13.0 Å². The third kappa shape index (κ3) is 11.2. The molecule has 0 unspecified atom stereocenters. The van der Waals surface area contributed by atoms with Crippen LogP contribution >= 0.6 is 0 Å². The van der Waals surface area contributed by atoms with Crippen molar-refractivity contribution in [1.29, 1.82) is 0 Å². The van der Waals surface area contributed by atoms with Gasteiger partial charge in [0.1, 0.15) is 5.60 Å². The molecule has 0 amide bonds. The second-order valence-corrected chi connectivity index (χ2v) is 2.92. The fourth-order valence-corrected chi connectivity index (χ4v) is 0.523. The number of hydrogen-bond acceptors (Lipinski definition) is 1. The van der Waals surface area contributed by atoms with E-state index in [2.05, 4.69) is 6.58 Å². The van der Waals surface area contributed by atoms with Crippen LogP contribution in [0.1, 0.15) is 35.1 Å². The van der Waals surface area contributed by atoms with Crippen molar-refractivity contribution in [1.82, 2.24) is 0 Å². The van der Waals surface area contributed by atoms with Gasteiger partial charge in [-0.3, -0.25) is 0 Å². The topological polar surface area (TPSA) is 9.23 Å². The van der Waals surface area contributed by atoms with Crippen LogP contribution in [-0.4, -0.2) is 5.60 Å². The van der Waals surface area contributed by atoms with Gasteiger partial charge in [0.15, 0.2) is 0 Å². The van der Waals surface area contributed by atoms with Crippen LogP contribution in [0.5, 0.6) is 0 Å². The van der Waals surface area contributed by atoms with Gasteiger partial charge in [0, 0.05) is 0 Å². The highest BCUT2D eigenvalue weighted by atomic mass is 16.5. The molecule has 0 heterocycles. The highest BCUT2D eigenvalue weighted by Crippen LogP contribution is 2.10. The van der Waals surface area contributed by atoms with Gasteiger partial charge in [-0.05, 0) is 27.7 Å². The molecule has 0 aromatic heterocycles. The van der Waals surface area contributed by atoms with Crippen molar-refractivity contribution < 1.29 is 4.74 Å². The van der Waals surface area contributed by atoms with Gasteiger partial charge in [0.2, 0.25) is 0 Å². The maximum atomic E-state index is 5.24. The summed E-state index contributed by atoms with van der Waals surface area (Å²) in [5, 5.41) is 0. The molecule has 0 aliphatic rings. The van der Waals surface area contributed by atoms with Crippen molar-refractivity contribution in [2.24, 2.45) is 0 Å². The zero-order valence-corrected chi connectivity index (χ0v) is 6.12. The first kappa shape index (κ1) is 11.4. The van der Waals surface area contributed by atoms with Crippen LogP contribution in [0.2, 0.25) is 0 Å².